The number of nitrogens with one attached hydrogen (secondary N) is 2. The molecule has 5 heteroatoms. The van der Waals surface area contributed by atoms with Gasteiger partial charge in [-0.05, 0) is 33.6 Å². The van der Waals surface area contributed by atoms with E-state index in [1.165, 1.54) is 0 Å². The summed E-state index contributed by atoms with van der Waals surface area (Å²) in [7, 11) is 0. The van der Waals surface area contributed by atoms with E-state index in [1.54, 1.807) is 0 Å². The molecule has 0 heterocycles. The SMILES string of the molecule is CC(C)(C)NCCC(=O)NCC1(C(=O)O)CCCCCC1. The van der Waals surface area contributed by atoms with E-state index >= 15 is 0 Å². The summed E-state index contributed by atoms with van der Waals surface area (Å²) in [6.07, 6.45) is 5.79. The van der Waals surface area contributed by atoms with E-state index in [0.717, 1.165) is 25.7 Å². The molecule has 1 amide bonds. The summed E-state index contributed by atoms with van der Waals surface area (Å²) in [6.45, 7) is 7.02. The third kappa shape index (κ3) is 6.46. The first-order valence-electron chi connectivity index (χ1n) is 8.00. The van der Waals surface area contributed by atoms with E-state index in [9.17, 15) is 14.7 Å². The van der Waals surface area contributed by atoms with Crippen LogP contribution >= 0.6 is 0 Å². The number of carbonyl (C=O) groups is 2. The van der Waals surface area contributed by atoms with Crippen LogP contribution in [-0.2, 0) is 9.59 Å². The lowest BCUT2D eigenvalue weighted by atomic mass is 9.80. The Balaban J connectivity index is 2.42. The molecule has 1 saturated carbocycles. The molecule has 0 atom stereocenters. The number of hydrogen-bond acceptors (Lipinski definition) is 3. The van der Waals surface area contributed by atoms with Gasteiger partial charge in [0.1, 0.15) is 0 Å². The minimum absolute atomic E-state index is 0.0101. The van der Waals surface area contributed by atoms with Crippen molar-refractivity contribution in [2.75, 3.05) is 13.1 Å². The van der Waals surface area contributed by atoms with Gasteiger partial charge in [-0.2, -0.15) is 0 Å². The predicted octanol–water partition coefficient (Wildman–Crippen LogP) is 2.31. The number of hydrogen-bond donors (Lipinski definition) is 3. The topological polar surface area (TPSA) is 78.4 Å². The maximum Gasteiger partial charge on any atom is 0.311 e. The molecule has 1 fully saturated rings. The fourth-order valence-electron chi connectivity index (χ4n) is 2.78. The van der Waals surface area contributed by atoms with Gasteiger partial charge in [0.25, 0.3) is 0 Å². The van der Waals surface area contributed by atoms with Crippen LogP contribution in [0.2, 0.25) is 0 Å². The molecule has 1 aliphatic rings. The van der Waals surface area contributed by atoms with Crippen LogP contribution in [0.25, 0.3) is 0 Å². The Morgan fingerprint density at radius 1 is 1.10 bits per heavy atom. The summed E-state index contributed by atoms with van der Waals surface area (Å²) in [5, 5.41) is 15.6. The second-order valence-electron chi connectivity index (χ2n) is 7.20. The summed E-state index contributed by atoms with van der Waals surface area (Å²) < 4.78 is 0. The quantitative estimate of drug-likeness (QED) is 0.658. The average molecular weight is 298 g/mol. The van der Waals surface area contributed by atoms with Crippen LogP contribution in [0.5, 0.6) is 0 Å². The molecule has 0 bridgehead atoms. The normalized spacial score (nSPS) is 18.8. The van der Waals surface area contributed by atoms with Crippen LogP contribution in [0.4, 0.5) is 0 Å². The lowest BCUT2D eigenvalue weighted by Gasteiger charge is -2.28. The van der Waals surface area contributed by atoms with Crippen molar-refractivity contribution >= 4 is 11.9 Å². The minimum atomic E-state index is -0.766. The fraction of sp³-hybridized carbons (Fsp3) is 0.875. The van der Waals surface area contributed by atoms with E-state index in [-0.39, 0.29) is 18.0 Å². The highest BCUT2D eigenvalue weighted by Gasteiger charge is 2.38. The molecule has 1 rings (SSSR count). The van der Waals surface area contributed by atoms with E-state index in [1.807, 2.05) is 0 Å². The second kappa shape index (κ2) is 7.78. The highest BCUT2D eigenvalue weighted by atomic mass is 16.4. The highest BCUT2D eigenvalue weighted by Crippen LogP contribution is 2.34. The molecule has 5 nitrogen and oxygen atoms in total. The summed E-state index contributed by atoms with van der Waals surface area (Å²) in [5.41, 5.74) is -0.770. The average Bonchev–Trinajstić information content (AvgIpc) is 2.61. The summed E-state index contributed by atoms with van der Waals surface area (Å²) in [4.78, 5) is 23.5. The monoisotopic (exact) mass is 298 g/mol. The second-order valence-corrected chi connectivity index (χ2v) is 7.20. The first-order chi connectivity index (χ1) is 9.75. The maximum absolute atomic E-state index is 11.9. The molecule has 0 unspecified atom stereocenters. The predicted molar refractivity (Wildman–Crippen MR) is 83.2 cm³/mol. The Morgan fingerprint density at radius 2 is 1.67 bits per heavy atom. The molecule has 3 N–H and O–H groups in total. The first-order valence-corrected chi connectivity index (χ1v) is 8.00. The molecule has 0 spiro atoms. The fourth-order valence-corrected chi connectivity index (χ4v) is 2.78. The zero-order valence-corrected chi connectivity index (χ0v) is 13.6. The molecule has 122 valence electrons. The van der Waals surface area contributed by atoms with Crippen LogP contribution in [0.3, 0.4) is 0 Å². The number of aliphatic carboxylic acids is 1. The van der Waals surface area contributed by atoms with Gasteiger partial charge < -0.3 is 15.7 Å². The van der Waals surface area contributed by atoms with Gasteiger partial charge in [-0.25, -0.2) is 0 Å². The number of carboxylic acid groups (broad SMARTS) is 1. The van der Waals surface area contributed by atoms with Crippen LogP contribution in [0.1, 0.15) is 65.7 Å². The van der Waals surface area contributed by atoms with E-state index in [0.29, 0.717) is 25.8 Å². The van der Waals surface area contributed by atoms with Crippen molar-refractivity contribution < 1.29 is 14.7 Å². The van der Waals surface area contributed by atoms with E-state index < -0.39 is 11.4 Å². The Morgan fingerprint density at radius 3 is 2.14 bits per heavy atom. The molecule has 0 aromatic rings. The van der Waals surface area contributed by atoms with Crippen molar-refractivity contribution in [3.8, 4) is 0 Å². The van der Waals surface area contributed by atoms with Gasteiger partial charge in [0.15, 0.2) is 0 Å². The molecular formula is C16H30N2O3. The van der Waals surface area contributed by atoms with Gasteiger partial charge >= 0.3 is 5.97 Å². The van der Waals surface area contributed by atoms with Crippen molar-refractivity contribution in [3.63, 3.8) is 0 Å². The number of rotatable bonds is 6. The first kappa shape index (κ1) is 18.0. The lowest BCUT2D eigenvalue weighted by molar-refractivity contribution is -0.149. The maximum atomic E-state index is 11.9. The number of amides is 1. The van der Waals surface area contributed by atoms with Crippen LogP contribution < -0.4 is 10.6 Å². The van der Waals surface area contributed by atoms with Gasteiger partial charge in [-0.3, -0.25) is 9.59 Å². The molecule has 21 heavy (non-hydrogen) atoms. The molecule has 0 aromatic heterocycles. The number of carbonyl (C=O) groups excluding carboxylic acids is 1. The van der Waals surface area contributed by atoms with E-state index in [4.69, 9.17) is 0 Å². The third-order valence-corrected chi connectivity index (χ3v) is 4.15. The lowest BCUT2D eigenvalue weighted by Crippen LogP contribution is -2.44. The highest BCUT2D eigenvalue weighted by molar-refractivity contribution is 5.79. The van der Waals surface area contributed by atoms with Gasteiger partial charge in [0.05, 0.1) is 5.41 Å². The molecule has 0 aromatic carbocycles. The Labute approximate surface area is 127 Å². The zero-order chi connectivity index (χ0) is 15.9. The van der Waals surface area contributed by atoms with Crippen molar-refractivity contribution in [2.45, 2.75) is 71.3 Å². The minimum Gasteiger partial charge on any atom is -0.481 e. The largest absolute Gasteiger partial charge is 0.481 e. The zero-order valence-electron chi connectivity index (χ0n) is 13.6. The molecule has 0 saturated heterocycles. The van der Waals surface area contributed by atoms with Crippen molar-refractivity contribution in [1.29, 1.82) is 0 Å². The van der Waals surface area contributed by atoms with Crippen LogP contribution in [0, 0.1) is 5.41 Å². The van der Waals surface area contributed by atoms with Crippen molar-refractivity contribution in [3.05, 3.63) is 0 Å². The molecule has 0 aliphatic heterocycles. The number of carboxylic acids is 1. The molecule has 1 aliphatic carbocycles. The standard InChI is InChI=1S/C16H30N2O3/c1-15(2,3)18-11-8-13(19)17-12-16(14(20)21)9-6-4-5-7-10-16/h18H,4-12H2,1-3H3,(H,17,19)(H,20,21). The third-order valence-electron chi connectivity index (χ3n) is 4.15. The summed E-state index contributed by atoms with van der Waals surface area (Å²) >= 11 is 0. The summed E-state index contributed by atoms with van der Waals surface area (Å²) in [6, 6.07) is 0. The van der Waals surface area contributed by atoms with Crippen molar-refractivity contribution in [1.82, 2.24) is 10.6 Å². The molecule has 0 radical (unpaired) electrons. The molecular weight excluding hydrogens is 268 g/mol. The van der Waals surface area contributed by atoms with Crippen LogP contribution in [0.15, 0.2) is 0 Å². The Kier molecular flexibility index (Phi) is 6.65. The Hall–Kier alpha value is -1.10. The smallest absolute Gasteiger partial charge is 0.311 e. The van der Waals surface area contributed by atoms with Crippen molar-refractivity contribution in [2.24, 2.45) is 5.41 Å². The van der Waals surface area contributed by atoms with Crippen LogP contribution in [-0.4, -0.2) is 35.6 Å². The van der Waals surface area contributed by atoms with Gasteiger partial charge in [-0.1, -0.05) is 25.7 Å². The van der Waals surface area contributed by atoms with Gasteiger partial charge in [0, 0.05) is 25.0 Å². The summed E-state index contributed by atoms with van der Waals surface area (Å²) in [5.74, 6) is -0.839. The van der Waals surface area contributed by atoms with Gasteiger partial charge in [-0.15, -0.1) is 0 Å². The van der Waals surface area contributed by atoms with E-state index in [2.05, 4.69) is 31.4 Å². The van der Waals surface area contributed by atoms with Gasteiger partial charge in [0.2, 0.25) is 5.91 Å². The Bertz CT molecular complexity index is 353.